The Kier molecular flexibility index (Phi) is 4.62. The monoisotopic (exact) mass is 307 g/mol. The van der Waals surface area contributed by atoms with Crippen molar-refractivity contribution in [2.45, 2.75) is 39.5 Å². The summed E-state index contributed by atoms with van der Waals surface area (Å²) >= 11 is 1.75. The van der Waals surface area contributed by atoms with Crippen LogP contribution in [0.4, 0.5) is 0 Å². The normalized spacial score (nSPS) is 20.0. The number of morpholine rings is 1. The largest absolute Gasteiger partial charge is 0.368 e. The quantitative estimate of drug-likeness (QED) is 0.844. The maximum atomic E-state index is 5.88. The number of hydrogen-bond donors (Lipinski definition) is 0. The number of rotatable bonds is 5. The molecule has 7 heteroatoms. The summed E-state index contributed by atoms with van der Waals surface area (Å²) in [6.07, 6.45) is 2.78. The summed E-state index contributed by atoms with van der Waals surface area (Å²) in [6, 6.07) is 0. The van der Waals surface area contributed by atoms with E-state index in [4.69, 9.17) is 4.74 Å². The lowest BCUT2D eigenvalue weighted by atomic mass is 10.2. The van der Waals surface area contributed by atoms with Crippen LogP contribution in [0.5, 0.6) is 0 Å². The van der Waals surface area contributed by atoms with Gasteiger partial charge in [-0.15, -0.1) is 21.5 Å². The summed E-state index contributed by atoms with van der Waals surface area (Å²) in [4.78, 5) is 7.03. The first-order valence-corrected chi connectivity index (χ1v) is 8.33. The minimum Gasteiger partial charge on any atom is -0.368 e. The van der Waals surface area contributed by atoms with Crippen molar-refractivity contribution >= 4 is 11.3 Å². The predicted octanol–water partition coefficient (Wildman–Crippen LogP) is 1.89. The van der Waals surface area contributed by atoms with Gasteiger partial charge in [-0.3, -0.25) is 4.90 Å². The van der Waals surface area contributed by atoms with Crippen LogP contribution < -0.4 is 0 Å². The SMILES string of the molecule is CCc1nc(CN2CCO[C@H](c3nncn3CC)C2)cs1. The summed E-state index contributed by atoms with van der Waals surface area (Å²) in [5.74, 6) is 0.926. The topological polar surface area (TPSA) is 56.1 Å². The summed E-state index contributed by atoms with van der Waals surface area (Å²) in [5, 5.41) is 11.6. The van der Waals surface area contributed by atoms with Gasteiger partial charge in [-0.1, -0.05) is 6.92 Å². The highest BCUT2D eigenvalue weighted by atomic mass is 32.1. The molecule has 2 aromatic rings. The summed E-state index contributed by atoms with van der Waals surface area (Å²) in [6.45, 7) is 8.50. The van der Waals surface area contributed by atoms with E-state index in [2.05, 4.69) is 39.3 Å². The third kappa shape index (κ3) is 3.30. The van der Waals surface area contributed by atoms with E-state index in [0.29, 0.717) is 0 Å². The Balaban J connectivity index is 1.65. The molecule has 0 aromatic carbocycles. The van der Waals surface area contributed by atoms with Crippen molar-refractivity contribution in [2.24, 2.45) is 0 Å². The van der Waals surface area contributed by atoms with Crippen molar-refractivity contribution < 1.29 is 4.74 Å². The highest BCUT2D eigenvalue weighted by Gasteiger charge is 2.26. The molecule has 1 atom stereocenters. The minimum atomic E-state index is 0.00508. The maximum Gasteiger partial charge on any atom is 0.163 e. The summed E-state index contributed by atoms with van der Waals surface area (Å²) in [5.41, 5.74) is 1.16. The molecule has 21 heavy (non-hydrogen) atoms. The fraction of sp³-hybridized carbons (Fsp3) is 0.643. The number of nitrogens with zero attached hydrogens (tertiary/aromatic N) is 5. The van der Waals surface area contributed by atoms with Crippen LogP contribution in [0.25, 0.3) is 0 Å². The lowest BCUT2D eigenvalue weighted by molar-refractivity contribution is -0.0391. The van der Waals surface area contributed by atoms with Crippen LogP contribution in [-0.4, -0.2) is 44.3 Å². The van der Waals surface area contributed by atoms with Gasteiger partial charge in [0, 0.05) is 31.6 Å². The number of hydrogen-bond acceptors (Lipinski definition) is 6. The van der Waals surface area contributed by atoms with Crippen LogP contribution >= 0.6 is 11.3 Å². The lowest BCUT2D eigenvalue weighted by Crippen LogP contribution is -2.38. The molecule has 0 aliphatic carbocycles. The Morgan fingerprint density at radius 2 is 2.33 bits per heavy atom. The average molecular weight is 307 g/mol. The number of ether oxygens (including phenoxy) is 1. The van der Waals surface area contributed by atoms with Gasteiger partial charge in [-0.25, -0.2) is 4.98 Å². The van der Waals surface area contributed by atoms with Gasteiger partial charge in [0.15, 0.2) is 5.82 Å². The number of aromatic nitrogens is 4. The molecule has 3 heterocycles. The molecule has 1 saturated heterocycles. The van der Waals surface area contributed by atoms with Crippen molar-refractivity contribution in [3.05, 3.63) is 28.2 Å². The van der Waals surface area contributed by atoms with Crippen LogP contribution in [0.3, 0.4) is 0 Å². The van der Waals surface area contributed by atoms with Crippen LogP contribution in [-0.2, 0) is 24.2 Å². The lowest BCUT2D eigenvalue weighted by Gasteiger charge is -2.31. The van der Waals surface area contributed by atoms with E-state index in [1.54, 1.807) is 17.7 Å². The molecule has 0 amide bonds. The Hall–Kier alpha value is -1.31. The highest BCUT2D eigenvalue weighted by molar-refractivity contribution is 7.09. The molecule has 1 aliphatic rings. The third-order valence-corrected chi connectivity index (χ3v) is 4.75. The van der Waals surface area contributed by atoms with Crippen molar-refractivity contribution in [1.29, 1.82) is 0 Å². The molecule has 0 spiro atoms. The molecule has 0 saturated carbocycles. The van der Waals surface area contributed by atoms with Gasteiger partial charge >= 0.3 is 0 Å². The van der Waals surface area contributed by atoms with Crippen LogP contribution in [0.2, 0.25) is 0 Å². The molecule has 0 bridgehead atoms. The van der Waals surface area contributed by atoms with E-state index in [-0.39, 0.29) is 6.10 Å². The molecular formula is C14H21N5OS. The standard InChI is InChI=1S/C14H21N5OS/c1-3-13-16-11(9-21-13)7-18-5-6-20-12(8-18)14-17-15-10-19(14)4-2/h9-10,12H,3-8H2,1-2H3/t12-/m0/s1. The number of aryl methyl sites for hydroxylation is 2. The van der Waals surface area contributed by atoms with E-state index >= 15 is 0 Å². The van der Waals surface area contributed by atoms with Gasteiger partial charge < -0.3 is 9.30 Å². The first kappa shape index (κ1) is 14.6. The first-order valence-electron chi connectivity index (χ1n) is 7.45. The summed E-state index contributed by atoms with van der Waals surface area (Å²) < 4.78 is 7.92. The van der Waals surface area contributed by atoms with E-state index < -0.39 is 0 Å². The van der Waals surface area contributed by atoms with Gasteiger partial charge in [0.2, 0.25) is 0 Å². The van der Waals surface area contributed by atoms with Crippen molar-refractivity contribution in [3.63, 3.8) is 0 Å². The molecule has 0 N–H and O–H groups in total. The summed E-state index contributed by atoms with van der Waals surface area (Å²) in [7, 11) is 0. The molecule has 3 rings (SSSR count). The van der Waals surface area contributed by atoms with Gasteiger partial charge in [0.05, 0.1) is 17.3 Å². The van der Waals surface area contributed by atoms with Gasteiger partial charge in [-0.05, 0) is 13.3 Å². The Morgan fingerprint density at radius 1 is 1.43 bits per heavy atom. The van der Waals surface area contributed by atoms with Crippen LogP contribution in [0.15, 0.2) is 11.7 Å². The molecule has 1 aliphatic heterocycles. The zero-order chi connectivity index (χ0) is 14.7. The second-order valence-corrected chi connectivity index (χ2v) is 6.10. The van der Waals surface area contributed by atoms with Crippen molar-refractivity contribution in [2.75, 3.05) is 19.7 Å². The fourth-order valence-corrected chi connectivity index (χ4v) is 3.31. The van der Waals surface area contributed by atoms with Gasteiger partial charge in [0.1, 0.15) is 12.4 Å². The fourth-order valence-electron chi connectivity index (χ4n) is 2.57. The number of thiazole rings is 1. The molecule has 114 valence electrons. The smallest absolute Gasteiger partial charge is 0.163 e. The highest BCUT2D eigenvalue weighted by Crippen LogP contribution is 2.22. The van der Waals surface area contributed by atoms with E-state index in [1.165, 1.54) is 5.01 Å². The Bertz CT molecular complexity index is 581. The average Bonchev–Trinajstić information content (AvgIpc) is 3.15. The minimum absolute atomic E-state index is 0.00508. The van der Waals surface area contributed by atoms with Crippen LogP contribution in [0, 0.1) is 0 Å². The molecule has 0 radical (unpaired) electrons. The predicted molar refractivity (Wildman–Crippen MR) is 81.2 cm³/mol. The zero-order valence-corrected chi connectivity index (χ0v) is 13.3. The van der Waals surface area contributed by atoms with E-state index in [0.717, 1.165) is 50.7 Å². The zero-order valence-electron chi connectivity index (χ0n) is 12.5. The second-order valence-electron chi connectivity index (χ2n) is 5.16. The molecule has 1 fully saturated rings. The Morgan fingerprint density at radius 3 is 3.10 bits per heavy atom. The van der Waals surface area contributed by atoms with E-state index in [1.807, 2.05) is 4.57 Å². The van der Waals surface area contributed by atoms with Crippen LogP contribution in [0.1, 0.15) is 36.5 Å². The maximum absolute atomic E-state index is 5.88. The van der Waals surface area contributed by atoms with Gasteiger partial charge in [0.25, 0.3) is 0 Å². The molecule has 6 nitrogen and oxygen atoms in total. The van der Waals surface area contributed by atoms with Gasteiger partial charge in [-0.2, -0.15) is 0 Å². The third-order valence-electron chi connectivity index (χ3n) is 3.71. The van der Waals surface area contributed by atoms with Crippen molar-refractivity contribution in [1.82, 2.24) is 24.6 Å². The first-order chi connectivity index (χ1) is 10.3. The second kappa shape index (κ2) is 6.64. The van der Waals surface area contributed by atoms with E-state index in [9.17, 15) is 0 Å². The molecular weight excluding hydrogens is 286 g/mol. The molecule has 2 aromatic heterocycles. The Labute approximate surface area is 128 Å². The molecule has 0 unspecified atom stereocenters. The van der Waals surface area contributed by atoms with Crippen molar-refractivity contribution in [3.8, 4) is 0 Å².